The van der Waals surface area contributed by atoms with Crippen molar-refractivity contribution in [3.8, 4) is 11.5 Å². The van der Waals surface area contributed by atoms with Crippen molar-refractivity contribution in [1.29, 1.82) is 0 Å². The van der Waals surface area contributed by atoms with E-state index < -0.39 is 6.09 Å². The van der Waals surface area contributed by atoms with Gasteiger partial charge in [0.25, 0.3) is 0 Å². The second-order valence-electron chi connectivity index (χ2n) is 4.37. The maximum Gasteiger partial charge on any atom is 0.407 e. The van der Waals surface area contributed by atoms with E-state index in [1.165, 1.54) is 14.2 Å². The monoisotopic (exact) mass is 310 g/mol. The summed E-state index contributed by atoms with van der Waals surface area (Å²) in [5, 5.41) is 10.1. The number of amides is 1. The van der Waals surface area contributed by atoms with E-state index in [1.54, 1.807) is 24.4 Å². The molecular formula is C14H15ClN2O4. The summed E-state index contributed by atoms with van der Waals surface area (Å²) in [6.07, 6.45) is 0.608. The molecule has 2 rings (SSSR count). The zero-order chi connectivity index (χ0) is 15.4. The number of nitrogens with zero attached hydrogens (tertiary/aromatic N) is 2. The van der Waals surface area contributed by atoms with E-state index in [-0.39, 0.29) is 13.2 Å². The van der Waals surface area contributed by atoms with Crippen LogP contribution in [-0.4, -0.2) is 48.4 Å². The number of likely N-dealkylation sites (N-methyl/N-ethyl adjacent to an activating group) is 1. The van der Waals surface area contributed by atoms with Crippen molar-refractivity contribution in [1.82, 2.24) is 9.88 Å². The first-order chi connectivity index (χ1) is 10.0. The van der Waals surface area contributed by atoms with Crippen LogP contribution < -0.4 is 9.47 Å². The zero-order valence-electron chi connectivity index (χ0n) is 11.7. The lowest BCUT2D eigenvalue weighted by Gasteiger charge is -2.15. The molecule has 0 aliphatic heterocycles. The molecule has 0 aliphatic rings. The van der Waals surface area contributed by atoms with E-state index in [0.29, 0.717) is 22.0 Å². The van der Waals surface area contributed by atoms with Gasteiger partial charge in [-0.2, -0.15) is 0 Å². The summed E-state index contributed by atoms with van der Waals surface area (Å²) in [6.45, 7) is 0.463. The first-order valence-electron chi connectivity index (χ1n) is 6.22. The van der Waals surface area contributed by atoms with Crippen molar-refractivity contribution in [3.63, 3.8) is 0 Å². The molecule has 1 aromatic heterocycles. The van der Waals surface area contributed by atoms with Gasteiger partial charge in [-0.25, -0.2) is 4.79 Å². The summed E-state index contributed by atoms with van der Waals surface area (Å²) in [4.78, 5) is 16.1. The Labute approximate surface area is 126 Å². The molecule has 1 amide bonds. The van der Waals surface area contributed by atoms with Gasteiger partial charge < -0.3 is 19.5 Å². The third-order valence-corrected chi connectivity index (χ3v) is 3.31. The van der Waals surface area contributed by atoms with Gasteiger partial charge in [-0.3, -0.25) is 4.98 Å². The van der Waals surface area contributed by atoms with Crippen LogP contribution in [0.15, 0.2) is 24.4 Å². The van der Waals surface area contributed by atoms with Crippen molar-refractivity contribution in [2.75, 3.05) is 27.3 Å². The van der Waals surface area contributed by atoms with E-state index in [2.05, 4.69) is 4.98 Å². The SMILES string of the molecule is COc1cc2c(Cl)ccnc2cc1OCCN(C)C(=O)O. The third-order valence-electron chi connectivity index (χ3n) is 2.98. The zero-order valence-corrected chi connectivity index (χ0v) is 12.4. The van der Waals surface area contributed by atoms with Crippen molar-refractivity contribution in [3.05, 3.63) is 29.4 Å². The Hall–Kier alpha value is -2.21. The predicted octanol–water partition coefficient (Wildman–Crippen LogP) is 2.89. The minimum Gasteiger partial charge on any atom is -0.493 e. The highest BCUT2D eigenvalue weighted by Gasteiger charge is 2.11. The maximum absolute atomic E-state index is 10.7. The van der Waals surface area contributed by atoms with Crippen LogP contribution in [0, 0.1) is 0 Å². The van der Waals surface area contributed by atoms with Gasteiger partial charge in [0.15, 0.2) is 11.5 Å². The molecular weight excluding hydrogens is 296 g/mol. The minimum absolute atomic E-state index is 0.214. The van der Waals surface area contributed by atoms with Crippen molar-refractivity contribution in [2.45, 2.75) is 0 Å². The van der Waals surface area contributed by atoms with Crippen molar-refractivity contribution < 1.29 is 19.4 Å². The molecule has 0 saturated carbocycles. The highest BCUT2D eigenvalue weighted by molar-refractivity contribution is 6.35. The number of fused-ring (bicyclic) bond motifs is 1. The Balaban J connectivity index is 2.21. The lowest BCUT2D eigenvalue weighted by Crippen LogP contribution is -2.29. The van der Waals surface area contributed by atoms with Gasteiger partial charge in [0.2, 0.25) is 0 Å². The standard InChI is InChI=1S/C14H15ClN2O4/c1-17(14(18)19)5-6-21-13-8-11-9(7-12(13)20-2)10(15)3-4-16-11/h3-4,7-8H,5-6H2,1-2H3,(H,18,19). The lowest BCUT2D eigenvalue weighted by molar-refractivity contribution is 0.146. The summed E-state index contributed by atoms with van der Waals surface area (Å²) in [5.74, 6) is 1.02. The number of pyridine rings is 1. The van der Waals surface area contributed by atoms with Gasteiger partial charge >= 0.3 is 6.09 Å². The van der Waals surface area contributed by atoms with Gasteiger partial charge in [0, 0.05) is 24.7 Å². The Bertz CT molecular complexity index is 663. The number of carboxylic acid groups (broad SMARTS) is 1. The topological polar surface area (TPSA) is 71.9 Å². The van der Waals surface area contributed by atoms with E-state index in [4.69, 9.17) is 26.2 Å². The normalized spacial score (nSPS) is 10.4. The largest absolute Gasteiger partial charge is 0.493 e. The average Bonchev–Trinajstić information content (AvgIpc) is 2.46. The fourth-order valence-electron chi connectivity index (χ4n) is 1.78. The van der Waals surface area contributed by atoms with Crippen LogP contribution in [0.25, 0.3) is 10.9 Å². The lowest BCUT2D eigenvalue weighted by atomic mass is 10.2. The molecule has 6 nitrogen and oxygen atoms in total. The fraction of sp³-hybridized carbons (Fsp3) is 0.286. The summed E-state index contributed by atoms with van der Waals surface area (Å²) >= 11 is 6.11. The van der Waals surface area contributed by atoms with Gasteiger partial charge in [0.1, 0.15) is 6.61 Å². The predicted molar refractivity (Wildman–Crippen MR) is 79.5 cm³/mol. The third kappa shape index (κ3) is 3.46. The molecule has 0 spiro atoms. The number of rotatable bonds is 5. The van der Waals surface area contributed by atoms with E-state index in [9.17, 15) is 4.79 Å². The number of hydrogen-bond donors (Lipinski definition) is 1. The Morgan fingerprint density at radius 2 is 2.19 bits per heavy atom. The second-order valence-corrected chi connectivity index (χ2v) is 4.77. The molecule has 0 unspecified atom stereocenters. The Kier molecular flexibility index (Phi) is 4.70. The molecule has 1 aromatic carbocycles. The van der Waals surface area contributed by atoms with E-state index >= 15 is 0 Å². The summed E-state index contributed by atoms with van der Waals surface area (Å²) < 4.78 is 10.9. The molecule has 21 heavy (non-hydrogen) atoms. The smallest absolute Gasteiger partial charge is 0.407 e. The van der Waals surface area contributed by atoms with Crippen LogP contribution in [0.5, 0.6) is 11.5 Å². The second kappa shape index (κ2) is 6.49. The van der Waals surface area contributed by atoms with Gasteiger partial charge in [-0.1, -0.05) is 11.6 Å². The molecule has 0 saturated heterocycles. The molecule has 0 aliphatic carbocycles. The maximum atomic E-state index is 10.7. The molecule has 0 atom stereocenters. The fourth-order valence-corrected chi connectivity index (χ4v) is 1.99. The van der Waals surface area contributed by atoms with E-state index in [1.807, 2.05) is 0 Å². The molecule has 7 heteroatoms. The molecule has 112 valence electrons. The van der Waals surface area contributed by atoms with Crippen molar-refractivity contribution >= 4 is 28.6 Å². The van der Waals surface area contributed by atoms with Crippen LogP contribution in [0.3, 0.4) is 0 Å². The van der Waals surface area contributed by atoms with Crippen molar-refractivity contribution in [2.24, 2.45) is 0 Å². The molecule has 2 aromatic rings. The Morgan fingerprint density at radius 1 is 1.43 bits per heavy atom. The first-order valence-corrected chi connectivity index (χ1v) is 6.60. The number of halogens is 1. The molecule has 0 fully saturated rings. The first kappa shape index (κ1) is 15.2. The summed E-state index contributed by atoms with van der Waals surface area (Å²) in [7, 11) is 3.01. The van der Waals surface area contributed by atoms with Gasteiger partial charge in [0.05, 0.1) is 24.2 Å². The highest BCUT2D eigenvalue weighted by Crippen LogP contribution is 2.34. The molecule has 1 heterocycles. The minimum atomic E-state index is -1.00. The van der Waals surface area contributed by atoms with Crippen LogP contribution in [0.1, 0.15) is 0 Å². The summed E-state index contributed by atoms with van der Waals surface area (Å²) in [6, 6.07) is 5.17. The number of ether oxygens (including phenoxy) is 2. The quantitative estimate of drug-likeness (QED) is 0.919. The van der Waals surface area contributed by atoms with Crippen LogP contribution >= 0.6 is 11.6 Å². The number of benzene rings is 1. The van der Waals surface area contributed by atoms with Gasteiger partial charge in [-0.05, 0) is 12.1 Å². The number of hydrogen-bond acceptors (Lipinski definition) is 4. The number of carbonyl (C=O) groups is 1. The Morgan fingerprint density at radius 3 is 2.86 bits per heavy atom. The molecule has 0 radical (unpaired) electrons. The van der Waals surface area contributed by atoms with Crippen LogP contribution in [0.2, 0.25) is 5.02 Å². The van der Waals surface area contributed by atoms with Gasteiger partial charge in [-0.15, -0.1) is 0 Å². The van der Waals surface area contributed by atoms with E-state index in [0.717, 1.165) is 10.3 Å². The van der Waals surface area contributed by atoms with Crippen LogP contribution in [0.4, 0.5) is 4.79 Å². The molecule has 0 bridgehead atoms. The summed E-state index contributed by atoms with van der Waals surface area (Å²) in [5.41, 5.74) is 0.685. The molecule has 1 N–H and O–H groups in total. The average molecular weight is 311 g/mol. The van der Waals surface area contributed by atoms with Crippen LogP contribution in [-0.2, 0) is 0 Å². The highest BCUT2D eigenvalue weighted by atomic mass is 35.5. The number of aromatic nitrogens is 1. The number of methoxy groups -OCH3 is 1.